The zero-order chi connectivity index (χ0) is 26.0. The molecule has 202 valence electrons. The van der Waals surface area contributed by atoms with E-state index in [0.29, 0.717) is 43.9 Å². The van der Waals surface area contributed by atoms with Crippen LogP contribution in [-0.2, 0) is 4.74 Å². The molecule has 36 heavy (non-hydrogen) atoms. The number of halogens is 2. The van der Waals surface area contributed by atoms with Crippen molar-refractivity contribution in [3.8, 4) is 0 Å². The van der Waals surface area contributed by atoms with E-state index < -0.39 is 11.8 Å². The number of benzene rings is 1. The Kier molecular flexibility index (Phi) is 11.1. The van der Waals surface area contributed by atoms with Crippen molar-refractivity contribution in [2.45, 2.75) is 69.2 Å². The minimum absolute atomic E-state index is 0.0152. The fourth-order valence-electron chi connectivity index (χ4n) is 5.49. The van der Waals surface area contributed by atoms with Crippen LogP contribution in [0.1, 0.15) is 63.0 Å². The average Bonchev–Trinajstić information content (AvgIpc) is 2.84. The van der Waals surface area contributed by atoms with Gasteiger partial charge in [0.05, 0.1) is 12.7 Å². The highest BCUT2D eigenvalue weighted by Gasteiger charge is 2.36. The first-order chi connectivity index (χ1) is 17.3. The number of rotatable bonds is 11. The Morgan fingerprint density at radius 1 is 1.28 bits per heavy atom. The topological polar surface area (TPSA) is 103 Å². The lowest BCUT2D eigenvalue weighted by atomic mass is 9.82. The molecule has 1 heterocycles. The van der Waals surface area contributed by atoms with Crippen LogP contribution in [0.2, 0.25) is 5.02 Å². The molecule has 1 aliphatic carbocycles. The maximum absolute atomic E-state index is 15.4. The Morgan fingerprint density at radius 2 is 2.06 bits per heavy atom. The van der Waals surface area contributed by atoms with Crippen LogP contribution in [-0.4, -0.2) is 73.7 Å². The van der Waals surface area contributed by atoms with Gasteiger partial charge in [0.25, 0.3) is 0 Å². The van der Waals surface area contributed by atoms with Gasteiger partial charge >= 0.3 is 12.1 Å². The predicted octanol–water partition coefficient (Wildman–Crippen LogP) is 4.74. The van der Waals surface area contributed by atoms with Crippen LogP contribution in [0.15, 0.2) is 24.3 Å². The standard InChI is InChI=1S/C26H40ClFN4O4/c1-29-17-22(16-26(28)10-3-2-4-11-26)31-24(33)32-13-6-8-20(18-32)23(36-14-12-30-25(34)35)19-7-5-9-21(27)15-19/h5,7,9,15,20,22-23,29-30H,2-4,6,8,10-14,16-18H2,1H3,(H,31,33)(H,34,35)/t20-,22+,23+/m1/s1. The van der Waals surface area contributed by atoms with Crippen LogP contribution in [0.25, 0.3) is 0 Å². The van der Waals surface area contributed by atoms with E-state index in [9.17, 15) is 9.59 Å². The van der Waals surface area contributed by atoms with Gasteiger partial charge < -0.3 is 30.7 Å². The largest absolute Gasteiger partial charge is 0.465 e. The van der Waals surface area contributed by atoms with Crippen LogP contribution < -0.4 is 16.0 Å². The van der Waals surface area contributed by atoms with Gasteiger partial charge in [-0.3, -0.25) is 0 Å². The summed E-state index contributed by atoms with van der Waals surface area (Å²) in [6.45, 7) is 2.00. The van der Waals surface area contributed by atoms with E-state index in [4.69, 9.17) is 21.4 Å². The number of nitrogens with zero attached hydrogens (tertiary/aromatic N) is 1. The van der Waals surface area contributed by atoms with E-state index in [1.54, 1.807) is 11.0 Å². The first-order valence-electron chi connectivity index (χ1n) is 13.0. The number of carbonyl (C=O) groups is 2. The fourth-order valence-corrected chi connectivity index (χ4v) is 5.69. The molecule has 1 saturated heterocycles. The first-order valence-corrected chi connectivity index (χ1v) is 13.4. The number of likely N-dealkylation sites (N-methyl/N-ethyl adjacent to an activating group) is 1. The number of nitrogens with one attached hydrogen (secondary N) is 3. The van der Waals surface area contributed by atoms with Crippen molar-refractivity contribution in [2.75, 3.05) is 39.8 Å². The lowest BCUT2D eigenvalue weighted by Crippen LogP contribution is -2.53. The van der Waals surface area contributed by atoms with Crippen LogP contribution in [0.5, 0.6) is 0 Å². The second kappa shape index (κ2) is 14.0. The zero-order valence-corrected chi connectivity index (χ0v) is 21.9. The van der Waals surface area contributed by atoms with Gasteiger partial charge in [-0.15, -0.1) is 0 Å². The molecule has 8 nitrogen and oxygen atoms in total. The molecule has 1 aromatic carbocycles. The monoisotopic (exact) mass is 526 g/mol. The molecule has 4 N–H and O–H groups in total. The third kappa shape index (κ3) is 8.78. The summed E-state index contributed by atoms with van der Waals surface area (Å²) < 4.78 is 21.5. The SMILES string of the molecule is CNC[C@H](CC1(F)CCCCC1)NC(=O)N1CCC[C@@H]([C@@H](OCCNC(=O)O)c2cccc(Cl)c2)C1. The Bertz CT molecular complexity index is 855. The molecule has 1 aliphatic heterocycles. The summed E-state index contributed by atoms with van der Waals surface area (Å²) in [5, 5.41) is 17.9. The molecule has 2 fully saturated rings. The number of urea groups is 1. The van der Waals surface area contributed by atoms with Crippen molar-refractivity contribution >= 4 is 23.7 Å². The number of ether oxygens (including phenoxy) is 1. The summed E-state index contributed by atoms with van der Waals surface area (Å²) in [6.07, 6.45) is 4.56. The molecule has 1 saturated carbocycles. The molecule has 10 heteroatoms. The number of piperidine rings is 1. The minimum Gasteiger partial charge on any atom is -0.465 e. The molecule has 2 aliphatic rings. The lowest BCUT2D eigenvalue weighted by molar-refractivity contribution is -0.00864. The number of carboxylic acid groups (broad SMARTS) is 1. The Labute approximate surface area is 218 Å². The summed E-state index contributed by atoms with van der Waals surface area (Å²) in [7, 11) is 1.81. The number of likely N-dealkylation sites (tertiary alicyclic amines) is 1. The fraction of sp³-hybridized carbons (Fsp3) is 0.692. The summed E-state index contributed by atoms with van der Waals surface area (Å²) in [5.74, 6) is 0.0152. The smallest absolute Gasteiger partial charge is 0.404 e. The second-order valence-electron chi connectivity index (χ2n) is 10.0. The van der Waals surface area contributed by atoms with Gasteiger partial charge in [-0.25, -0.2) is 14.0 Å². The summed E-state index contributed by atoms with van der Waals surface area (Å²) >= 11 is 6.23. The maximum Gasteiger partial charge on any atom is 0.404 e. The van der Waals surface area contributed by atoms with E-state index in [1.165, 1.54) is 0 Å². The summed E-state index contributed by atoms with van der Waals surface area (Å²) in [5.41, 5.74) is -0.317. The third-order valence-corrected chi connectivity index (χ3v) is 7.40. The number of alkyl halides is 1. The van der Waals surface area contributed by atoms with Crippen molar-refractivity contribution in [2.24, 2.45) is 5.92 Å². The van der Waals surface area contributed by atoms with Gasteiger partial charge in [-0.05, 0) is 50.4 Å². The number of carbonyl (C=O) groups excluding carboxylic acids is 1. The Morgan fingerprint density at radius 3 is 2.75 bits per heavy atom. The molecular formula is C26H40ClFN4O4. The Hall–Kier alpha value is -2.10. The maximum atomic E-state index is 15.4. The molecule has 0 aromatic heterocycles. The van der Waals surface area contributed by atoms with E-state index in [2.05, 4.69) is 16.0 Å². The average molecular weight is 527 g/mol. The van der Waals surface area contributed by atoms with Crippen LogP contribution in [0.4, 0.5) is 14.0 Å². The first kappa shape index (κ1) is 28.5. The van der Waals surface area contributed by atoms with Crippen molar-refractivity contribution in [1.29, 1.82) is 0 Å². The number of amides is 3. The molecule has 0 bridgehead atoms. The normalized spacial score (nSPS) is 21.4. The van der Waals surface area contributed by atoms with Gasteiger partial charge in [0.15, 0.2) is 0 Å². The quantitative estimate of drug-likeness (QED) is 0.312. The number of hydrogen-bond donors (Lipinski definition) is 4. The second-order valence-corrected chi connectivity index (χ2v) is 10.5. The Balaban J connectivity index is 1.64. The number of hydrogen-bond acceptors (Lipinski definition) is 4. The summed E-state index contributed by atoms with van der Waals surface area (Å²) in [6, 6.07) is 6.97. The molecular weight excluding hydrogens is 487 g/mol. The van der Waals surface area contributed by atoms with Crippen molar-refractivity contribution in [3.63, 3.8) is 0 Å². The zero-order valence-electron chi connectivity index (χ0n) is 21.1. The van der Waals surface area contributed by atoms with Crippen LogP contribution >= 0.6 is 11.6 Å². The van der Waals surface area contributed by atoms with Gasteiger partial charge in [0, 0.05) is 49.6 Å². The molecule has 3 rings (SSSR count). The third-order valence-electron chi connectivity index (χ3n) is 7.17. The van der Waals surface area contributed by atoms with Gasteiger partial charge in [0.1, 0.15) is 5.67 Å². The minimum atomic E-state index is -1.22. The highest BCUT2D eigenvalue weighted by Crippen LogP contribution is 2.36. The van der Waals surface area contributed by atoms with Gasteiger partial charge in [-0.2, -0.15) is 0 Å². The van der Waals surface area contributed by atoms with E-state index in [-0.39, 0.29) is 37.2 Å². The van der Waals surface area contributed by atoms with Gasteiger partial charge in [0.2, 0.25) is 0 Å². The predicted molar refractivity (Wildman–Crippen MR) is 138 cm³/mol. The summed E-state index contributed by atoms with van der Waals surface area (Å²) in [4.78, 5) is 25.8. The molecule has 3 amide bonds. The van der Waals surface area contributed by atoms with Crippen LogP contribution in [0, 0.1) is 5.92 Å². The van der Waals surface area contributed by atoms with Crippen molar-refractivity contribution in [1.82, 2.24) is 20.9 Å². The molecule has 0 unspecified atom stereocenters. The van der Waals surface area contributed by atoms with Gasteiger partial charge in [-0.1, -0.05) is 43.0 Å². The van der Waals surface area contributed by atoms with Crippen molar-refractivity contribution < 1.29 is 23.8 Å². The van der Waals surface area contributed by atoms with Crippen LogP contribution in [0.3, 0.4) is 0 Å². The van der Waals surface area contributed by atoms with Crippen molar-refractivity contribution in [3.05, 3.63) is 34.9 Å². The highest BCUT2D eigenvalue weighted by atomic mass is 35.5. The van der Waals surface area contributed by atoms with E-state index in [1.807, 2.05) is 25.2 Å². The highest BCUT2D eigenvalue weighted by molar-refractivity contribution is 6.30. The lowest BCUT2D eigenvalue weighted by Gasteiger charge is -2.38. The molecule has 0 radical (unpaired) electrons. The van der Waals surface area contributed by atoms with E-state index >= 15 is 4.39 Å². The molecule has 1 aromatic rings. The molecule has 3 atom stereocenters. The molecule has 0 spiro atoms. The van der Waals surface area contributed by atoms with E-state index in [0.717, 1.165) is 37.7 Å².